The third-order valence-corrected chi connectivity index (χ3v) is 4.57. The number of hydrogen-bond donors (Lipinski definition) is 0. The van der Waals surface area contributed by atoms with E-state index in [0.717, 1.165) is 23.6 Å². The third-order valence-electron chi connectivity index (χ3n) is 4.28. The molecular weight excluding hydrogens is 317 g/mol. The standard InChI is InChI=1S/C17H19ClFN3O/c1-10(2)16-20-13-9-22(8-7-14(13)21(16)3)17(23)11-5-4-6-12(18)15(11)19/h4-6,10H,7-9H2,1-3H3. The fraction of sp³-hybridized carbons (Fsp3) is 0.412. The minimum absolute atomic E-state index is 0.0148. The lowest BCUT2D eigenvalue weighted by atomic mass is 10.1. The molecule has 0 spiro atoms. The van der Waals surface area contributed by atoms with Gasteiger partial charge in [-0.15, -0.1) is 0 Å². The average Bonchev–Trinajstić information content (AvgIpc) is 2.86. The summed E-state index contributed by atoms with van der Waals surface area (Å²) in [6.07, 6.45) is 0.722. The van der Waals surface area contributed by atoms with Crippen LogP contribution in [0.1, 0.15) is 47.3 Å². The minimum atomic E-state index is -0.658. The van der Waals surface area contributed by atoms with Gasteiger partial charge in [0, 0.05) is 31.6 Å². The van der Waals surface area contributed by atoms with E-state index in [2.05, 4.69) is 23.4 Å². The van der Waals surface area contributed by atoms with Crippen LogP contribution in [-0.4, -0.2) is 26.9 Å². The van der Waals surface area contributed by atoms with E-state index in [1.807, 2.05) is 7.05 Å². The normalized spacial score (nSPS) is 14.3. The van der Waals surface area contributed by atoms with Crippen LogP contribution in [0.2, 0.25) is 5.02 Å². The first-order valence-electron chi connectivity index (χ1n) is 7.67. The molecule has 0 radical (unpaired) electrons. The number of hydrogen-bond acceptors (Lipinski definition) is 2. The summed E-state index contributed by atoms with van der Waals surface area (Å²) < 4.78 is 16.2. The molecule has 1 aromatic carbocycles. The van der Waals surface area contributed by atoms with Crippen molar-refractivity contribution < 1.29 is 9.18 Å². The molecule has 1 amide bonds. The molecule has 0 N–H and O–H groups in total. The van der Waals surface area contributed by atoms with Gasteiger partial charge in [-0.25, -0.2) is 9.37 Å². The van der Waals surface area contributed by atoms with Crippen LogP contribution in [0.25, 0.3) is 0 Å². The second-order valence-corrected chi connectivity index (χ2v) is 6.56. The summed E-state index contributed by atoms with van der Waals surface area (Å²) >= 11 is 5.78. The van der Waals surface area contributed by atoms with Gasteiger partial charge < -0.3 is 9.47 Å². The third kappa shape index (κ3) is 2.74. The molecule has 4 nitrogen and oxygen atoms in total. The Bertz CT molecular complexity index is 769. The molecule has 0 atom stereocenters. The number of halogens is 2. The van der Waals surface area contributed by atoms with Crippen molar-refractivity contribution in [1.82, 2.24) is 14.5 Å². The Hall–Kier alpha value is -1.88. The quantitative estimate of drug-likeness (QED) is 0.842. The van der Waals surface area contributed by atoms with Crippen LogP contribution in [0.15, 0.2) is 18.2 Å². The molecule has 6 heteroatoms. The molecule has 2 aromatic rings. The number of amides is 1. The van der Waals surface area contributed by atoms with E-state index in [-0.39, 0.29) is 16.5 Å². The number of nitrogens with zero attached hydrogens (tertiary/aromatic N) is 3. The van der Waals surface area contributed by atoms with Crippen LogP contribution in [-0.2, 0) is 20.0 Å². The summed E-state index contributed by atoms with van der Waals surface area (Å²) in [7, 11) is 2.01. The van der Waals surface area contributed by atoms with Gasteiger partial charge in [-0.1, -0.05) is 31.5 Å². The minimum Gasteiger partial charge on any atom is -0.334 e. The van der Waals surface area contributed by atoms with Crippen molar-refractivity contribution in [2.75, 3.05) is 6.54 Å². The van der Waals surface area contributed by atoms with Crippen LogP contribution in [0.3, 0.4) is 0 Å². The molecule has 2 heterocycles. The SMILES string of the molecule is CC(C)c1nc2c(n1C)CCN(C(=O)c1cccc(Cl)c1F)C2. The first-order valence-corrected chi connectivity index (χ1v) is 8.05. The Labute approximate surface area is 139 Å². The molecule has 23 heavy (non-hydrogen) atoms. The number of benzene rings is 1. The van der Waals surface area contributed by atoms with Gasteiger partial charge in [-0.2, -0.15) is 0 Å². The van der Waals surface area contributed by atoms with Crippen molar-refractivity contribution in [3.05, 3.63) is 51.8 Å². The number of carbonyl (C=O) groups excluding carboxylic acids is 1. The molecule has 0 saturated carbocycles. The summed E-state index contributed by atoms with van der Waals surface area (Å²) in [4.78, 5) is 18.9. The molecular formula is C17H19ClFN3O. The smallest absolute Gasteiger partial charge is 0.257 e. The van der Waals surface area contributed by atoms with E-state index in [0.29, 0.717) is 19.0 Å². The highest BCUT2D eigenvalue weighted by molar-refractivity contribution is 6.31. The lowest BCUT2D eigenvalue weighted by Crippen LogP contribution is -2.36. The van der Waals surface area contributed by atoms with Gasteiger partial charge in [-0.05, 0) is 12.1 Å². The van der Waals surface area contributed by atoms with Gasteiger partial charge in [0.25, 0.3) is 5.91 Å². The maximum Gasteiger partial charge on any atom is 0.257 e. The molecule has 0 aliphatic carbocycles. The number of aromatic nitrogens is 2. The van der Waals surface area contributed by atoms with Crippen LogP contribution >= 0.6 is 11.6 Å². The summed E-state index contributed by atoms with van der Waals surface area (Å²) in [5.74, 6) is 0.333. The molecule has 1 aliphatic heterocycles. The molecule has 0 unspecified atom stereocenters. The van der Waals surface area contributed by atoms with Crippen molar-refractivity contribution >= 4 is 17.5 Å². The topological polar surface area (TPSA) is 38.1 Å². The van der Waals surface area contributed by atoms with Gasteiger partial charge in [0.2, 0.25) is 0 Å². The number of imidazole rings is 1. The zero-order valence-corrected chi connectivity index (χ0v) is 14.2. The van der Waals surface area contributed by atoms with Gasteiger partial charge >= 0.3 is 0 Å². The fourth-order valence-corrected chi connectivity index (χ4v) is 3.25. The van der Waals surface area contributed by atoms with Crippen LogP contribution in [0, 0.1) is 5.82 Å². The van der Waals surface area contributed by atoms with Gasteiger partial charge in [-0.3, -0.25) is 4.79 Å². The van der Waals surface area contributed by atoms with Crippen LogP contribution in [0.4, 0.5) is 4.39 Å². The number of carbonyl (C=O) groups is 1. The Balaban J connectivity index is 1.89. The van der Waals surface area contributed by atoms with Gasteiger partial charge in [0.05, 0.1) is 22.8 Å². The molecule has 1 aromatic heterocycles. The highest BCUT2D eigenvalue weighted by atomic mass is 35.5. The van der Waals surface area contributed by atoms with Crippen molar-refractivity contribution in [3.8, 4) is 0 Å². The molecule has 0 fully saturated rings. The number of rotatable bonds is 2. The maximum atomic E-state index is 14.1. The zero-order chi connectivity index (χ0) is 16.7. The number of fused-ring (bicyclic) bond motifs is 1. The first-order chi connectivity index (χ1) is 10.9. The van der Waals surface area contributed by atoms with Gasteiger partial charge in [0.1, 0.15) is 5.82 Å². The molecule has 0 bridgehead atoms. The summed E-state index contributed by atoms with van der Waals surface area (Å²) in [5, 5.41) is -0.0338. The highest BCUT2D eigenvalue weighted by Gasteiger charge is 2.28. The van der Waals surface area contributed by atoms with Crippen LogP contribution in [0.5, 0.6) is 0 Å². The second kappa shape index (κ2) is 5.96. The summed E-state index contributed by atoms with van der Waals surface area (Å²) in [6.45, 7) is 5.14. The van der Waals surface area contributed by atoms with Crippen molar-refractivity contribution in [2.24, 2.45) is 7.05 Å². The lowest BCUT2D eigenvalue weighted by molar-refractivity contribution is 0.0726. The Kier molecular flexibility index (Phi) is 4.15. The monoisotopic (exact) mass is 335 g/mol. The molecule has 1 aliphatic rings. The summed E-state index contributed by atoms with van der Waals surface area (Å²) in [5.41, 5.74) is 2.07. The van der Waals surface area contributed by atoms with E-state index in [1.165, 1.54) is 12.1 Å². The molecule has 122 valence electrons. The second-order valence-electron chi connectivity index (χ2n) is 6.16. The van der Waals surface area contributed by atoms with E-state index >= 15 is 0 Å². The first kappa shape index (κ1) is 16.0. The van der Waals surface area contributed by atoms with Crippen molar-refractivity contribution in [2.45, 2.75) is 32.7 Å². The fourth-order valence-electron chi connectivity index (χ4n) is 3.08. The van der Waals surface area contributed by atoms with E-state index < -0.39 is 5.82 Å². The highest BCUT2D eigenvalue weighted by Crippen LogP contribution is 2.25. The van der Waals surface area contributed by atoms with Crippen molar-refractivity contribution in [3.63, 3.8) is 0 Å². The maximum absolute atomic E-state index is 14.1. The predicted octanol–water partition coefficient (Wildman–Crippen LogP) is 3.53. The Morgan fingerprint density at radius 2 is 2.13 bits per heavy atom. The van der Waals surface area contributed by atoms with Gasteiger partial charge in [0.15, 0.2) is 5.82 Å². The molecule has 0 saturated heterocycles. The van der Waals surface area contributed by atoms with E-state index in [9.17, 15) is 9.18 Å². The largest absolute Gasteiger partial charge is 0.334 e. The summed E-state index contributed by atoms with van der Waals surface area (Å²) in [6, 6.07) is 4.50. The lowest BCUT2D eigenvalue weighted by Gasteiger charge is -2.27. The van der Waals surface area contributed by atoms with E-state index in [1.54, 1.807) is 11.0 Å². The average molecular weight is 336 g/mol. The van der Waals surface area contributed by atoms with Crippen LogP contribution < -0.4 is 0 Å². The predicted molar refractivity (Wildman–Crippen MR) is 87.2 cm³/mol. The zero-order valence-electron chi connectivity index (χ0n) is 13.4. The molecule has 3 rings (SSSR count). The Morgan fingerprint density at radius 1 is 1.39 bits per heavy atom. The van der Waals surface area contributed by atoms with E-state index in [4.69, 9.17) is 11.6 Å². The van der Waals surface area contributed by atoms with Crippen molar-refractivity contribution in [1.29, 1.82) is 0 Å². The Morgan fingerprint density at radius 3 is 2.83 bits per heavy atom.